The molecule has 0 aromatic heterocycles. The second kappa shape index (κ2) is 6.57. The van der Waals surface area contributed by atoms with Crippen molar-refractivity contribution >= 4 is 5.78 Å². The van der Waals surface area contributed by atoms with Gasteiger partial charge in [-0.1, -0.05) is 56.3 Å². The summed E-state index contributed by atoms with van der Waals surface area (Å²) in [7, 11) is 0. The van der Waals surface area contributed by atoms with Crippen molar-refractivity contribution in [3.63, 3.8) is 0 Å². The van der Waals surface area contributed by atoms with E-state index in [9.17, 15) is 18.0 Å². The van der Waals surface area contributed by atoms with E-state index in [0.717, 1.165) is 17.7 Å². The maximum atomic E-state index is 12.7. The van der Waals surface area contributed by atoms with E-state index in [4.69, 9.17) is 0 Å². The van der Waals surface area contributed by atoms with E-state index in [1.807, 2.05) is 19.9 Å². The van der Waals surface area contributed by atoms with Crippen LogP contribution in [0.15, 0.2) is 54.6 Å². The predicted molar refractivity (Wildman–Crippen MR) is 84.5 cm³/mol. The fourth-order valence-corrected chi connectivity index (χ4v) is 2.57. The maximum Gasteiger partial charge on any atom is 0.416 e. The molecule has 0 fully saturated rings. The normalized spacial score (nSPS) is 14.3. The fraction of sp³-hybridized carbons (Fsp3) is 0.316. The first-order valence-corrected chi connectivity index (χ1v) is 7.52. The predicted octanol–water partition coefficient (Wildman–Crippen LogP) is 5.65. The molecule has 1 nitrogen and oxygen atoms in total. The van der Waals surface area contributed by atoms with E-state index in [1.54, 1.807) is 24.3 Å². The van der Waals surface area contributed by atoms with Crippen LogP contribution in [0.5, 0.6) is 0 Å². The fourth-order valence-electron chi connectivity index (χ4n) is 2.57. The van der Waals surface area contributed by atoms with E-state index >= 15 is 0 Å². The number of benzene rings is 2. The van der Waals surface area contributed by atoms with Gasteiger partial charge in [0.25, 0.3) is 0 Å². The molecule has 0 heterocycles. The molecule has 0 spiro atoms. The smallest absolute Gasteiger partial charge is 0.294 e. The van der Waals surface area contributed by atoms with Crippen LogP contribution in [0.3, 0.4) is 0 Å². The summed E-state index contributed by atoms with van der Waals surface area (Å²) in [6.45, 7) is 3.85. The molecule has 0 bridgehead atoms. The number of halogens is 3. The van der Waals surface area contributed by atoms with Gasteiger partial charge in [0.15, 0.2) is 5.78 Å². The zero-order valence-corrected chi connectivity index (χ0v) is 13.2. The lowest BCUT2D eigenvalue weighted by atomic mass is 9.75. The third-order valence-electron chi connectivity index (χ3n) is 4.34. The third-order valence-corrected chi connectivity index (χ3v) is 4.34. The van der Waals surface area contributed by atoms with Crippen LogP contribution in [0, 0.1) is 0 Å². The van der Waals surface area contributed by atoms with Crippen molar-refractivity contribution in [3.8, 4) is 0 Å². The van der Waals surface area contributed by atoms with Crippen LogP contribution in [-0.2, 0) is 11.6 Å². The Kier molecular flexibility index (Phi) is 4.93. The Morgan fingerprint density at radius 1 is 0.913 bits per heavy atom. The molecule has 1 unspecified atom stereocenters. The number of hydrogen-bond donors (Lipinski definition) is 0. The van der Waals surface area contributed by atoms with Crippen molar-refractivity contribution in [2.45, 2.75) is 38.3 Å². The summed E-state index contributed by atoms with van der Waals surface area (Å²) in [4.78, 5) is 12.4. The minimum atomic E-state index is -4.35. The molecule has 0 aliphatic heterocycles. The highest BCUT2D eigenvalue weighted by Crippen LogP contribution is 2.35. The molecule has 0 aliphatic carbocycles. The number of rotatable bonds is 5. The standard InChI is InChI=1S/C19H19F3O/c1-3-18(2,13-17(23)14-7-5-4-6-8-14)15-9-11-16(12-10-15)19(20,21)22/h4-12H,3,13H2,1-2H3. The first-order chi connectivity index (χ1) is 10.8. The Bertz CT molecular complexity index is 659. The third kappa shape index (κ3) is 4.01. The summed E-state index contributed by atoms with van der Waals surface area (Å²) in [5.41, 5.74) is 0.210. The molecule has 4 heteroatoms. The van der Waals surface area contributed by atoms with Crippen LogP contribution in [0.25, 0.3) is 0 Å². The zero-order chi connectivity index (χ0) is 17.1. The van der Waals surface area contributed by atoms with Crippen molar-refractivity contribution in [2.24, 2.45) is 0 Å². The molecule has 1 atom stereocenters. The highest BCUT2D eigenvalue weighted by Gasteiger charge is 2.32. The molecular weight excluding hydrogens is 301 g/mol. The SMILES string of the molecule is CCC(C)(CC(=O)c1ccccc1)c1ccc(C(F)(F)F)cc1. The number of Topliss-reactive ketones (excluding diaryl/α,β-unsaturated/α-hetero) is 1. The lowest BCUT2D eigenvalue weighted by molar-refractivity contribution is -0.137. The second-order valence-electron chi connectivity index (χ2n) is 5.96. The molecule has 2 rings (SSSR count). The van der Waals surface area contributed by atoms with Crippen molar-refractivity contribution < 1.29 is 18.0 Å². The number of hydrogen-bond acceptors (Lipinski definition) is 1. The molecule has 23 heavy (non-hydrogen) atoms. The first kappa shape index (κ1) is 17.3. The van der Waals surface area contributed by atoms with Crippen LogP contribution in [0.1, 0.15) is 48.2 Å². The van der Waals surface area contributed by atoms with Gasteiger partial charge in [0.2, 0.25) is 0 Å². The minimum Gasteiger partial charge on any atom is -0.294 e. The van der Waals surface area contributed by atoms with Gasteiger partial charge in [0.05, 0.1) is 5.56 Å². The minimum absolute atomic E-state index is 0.00477. The monoisotopic (exact) mass is 320 g/mol. The van der Waals surface area contributed by atoms with Crippen LogP contribution >= 0.6 is 0 Å². The topological polar surface area (TPSA) is 17.1 Å². The molecule has 122 valence electrons. The van der Waals surface area contributed by atoms with Crippen LogP contribution in [0.4, 0.5) is 13.2 Å². The Labute approximate surface area is 134 Å². The first-order valence-electron chi connectivity index (χ1n) is 7.52. The Morgan fingerprint density at radius 3 is 1.91 bits per heavy atom. The molecule has 2 aromatic carbocycles. The summed E-state index contributed by atoms with van der Waals surface area (Å²) >= 11 is 0. The van der Waals surface area contributed by atoms with E-state index in [2.05, 4.69) is 0 Å². The second-order valence-corrected chi connectivity index (χ2v) is 5.96. The lowest BCUT2D eigenvalue weighted by Gasteiger charge is -2.28. The average molecular weight is 320 g/mol. The summed E-state index contributed by atoms with van der Waals surface area (Å²) in [6, 6.07) is 14.1. The van der Waals surface area contributed by atoms with Gasteiger partial charge in [0.1, 0.15) is 0 Å². The van der Waals surface area contributed by atoms with Gasteiger partial charge in [0, 0.05) is 12.0 Å². The van der Waals surface area contributed by atoms with Crippen molar-refractivity contribution in [1.82, 2.24) is 0 Å². The average Bonchev–Trinajstić information content (AvgIpc) is 2.55. The van der Waals surface area contributed by atoms with Gasteiger partial charge < -0.3 is 0 Å². The van der Waals surface area contributed by atoms with Gasteiger partial charge in [-0.2, -0.15) is 13.2 Å². The van der Waals surface area contributed by atoms with Gasteiger partial charge in [-0.15, -0.1) is 0 Å². The maximum absolute atomic E-state index is 12.7. The highest BCUT2D eigenvalue weighted by atomic mass is 19.4. The number of carbonyl (C=O) groups is 1. The van der Waals surface area contributed by atoms with Gasteiger partial charge in [-0.25, -0.2) is 0 Å². The molecule has 2 aromatic rings. The van der Waals surface area contributed by atoms with E-state index in [1.165, 1.54) is 12.1 Å². The summed E-state index contributed by atoms with van der Waals surface area (Å²) < 4.78 is 38.0. The van der Waals surface area contributed by atoms with E-state index in [-0.39, 0.29) is 12.2 Å². The lowest BCUT2D eigenvalue weighted by Crippen LogP contribution is -2.25. The van der Waals surface area contributed by atoms with E-state index in [0.29, 0.717) is 12.0 Å². The highest BCUT2D eigenvalue weighted by molar-refractivity contribution is 5.96. The van der Waals surface area contributed by atoms with Crippen molar-refractivity contribution in [3.05, 3.63) is 71.3 Å². The number of carbonyl (C=O) groups excluding carboxylic acids is 1. The van der Waals surface area contributed by atoms with Crippen molar-refractivity contribution in [2.75, 3.05) is 0 Å². The Hall–Kier alpha value is -2.10. The van der Waals surface area contributed by atoms with Crippen LogP contribution in [-0.4, -0.2) is 5.78 Å². The van der Waals surface area contributed by atoms with Crippen LogP contribution < -0.4 is 0 Å². The van der Waals surface area contributed by atoms with Gasteiger partial charge >= 0.3 is 6.18 Å². The molecule has 0 amide bonds. The molecule has 0 radical (unpaired) electrons. The summed E-state index contributed by atoms with van der Waals surface area (Å²) in [5.74, 6) is -0.00477. The largest absolute Gasteiger partial charge is 0.416 e. The molecule has 0 saturated heterocycles. The molecule has 0 aliphatic rings. The zero-order valence-electron chi connectivity index (χ0n) is 13.2. The molecule has 0 N–H and O–H groups in total. The quantitative estimate of drug-likeness (QED) is 0.651. The number of alkyl halides is 3. The van der Waals surface area contributed by atoms with Crippen LogP contribution in [0.2, 0.25) is 0 Å². The summed E-state index contributed by atoms with van der Waals surface area (Å²) in [6.07, 6.45) is -3.42. The molecular formula is C19H19F3O. The Balaban J connectivity index is 2.25. The summed E-state index contributed by atoms with van der Waals surface area (Å²) in [5, 5.41) is 0. The van der Waals surface area contributed by atoms with Gasteiger partial charge in [-0.3, -0.25) is 4.79 Å². The van der Waals surface area contributed by atoms with E-state index < -0.39 is 17.2 Å². The number of ketones is 1. The van der Waals surface area contributed by atoms with Crippen molar-refractivity contribution in [1.29, 1.82) is 0 Å². The Morgan fingerprint density at radius 2 is 1.43 bits per heavy atom. The molecule has 0 saturated carbocycles. The van der Waals surface area contributed by atoms with Gasteiger partial charge in [-0.05, 0) is 29.5 Å².